The molecule has 27 heavy (non-hydrogen) atoms. The number of carbonyl (C=O) groups is 1. The molecule has 0 aliphatic carbocycles. The minimum absolute atomic E-state index is 0.414. The number of hydrogen-bond acceptors (Lipinski definition) is 6. The number of hydrogen-bond donors (Lipinski definition) is 1. The molecule has 1 heterocycles. The first-order valence-corrected chi connectivity index (χ1v) is 12.1. The van der Waals surface area contributed by atoms with Gasteiger partial charge in [0, 0.05) is 11.1 Å². The Morgan fingerprint density at radius 1 is 1.11 bits per heavy atom. The third-order valence-corrected chi connectivity index (χ3v) is 4.79. The highest BCUT2D eigenvalue weighted by Gasteiger charge is 2.18. The molecule has 1 N–H and O–H groups in total. The lowest BCUT2D eigenvalue weighted by atomic mass is 10.1. The van der Waals surface area contributed by atoms with E-state index in [4.69, 9.17) is 20.8 Å². The first-order chi connectivity index (χ1) is 12.8. The maximum atomic E-state index is 11.8. The van der Waals surface area contributed by atoms with Crippen LogP contribution in [0.25, 0.3) is 10.9 Å². The van der Waals surface area contributed by atoms with Gasteiger partial charge in [0.2, 0.25) is 8.32 Å². The number of halogens is 1. The Labute approximate surface area is 163 Å². The molecule has 0 amide bonds. The Kier molecular flexibility index (Phi) is 5.34. The minimum atomic E-state index is -1.75. The second-order valence-electron chi connectivity index (χ2n) is 6.93. The number of benzene rings is 2. The molecule has 0 bridgehead atoms. The lowest BCUT2D eigenvalue weighted by Crippen LogP contribution is -2.29. The Morgan fingerprint density at radius 3 is 2.56 bits per heavy atom. The molecular weight excluding hydrogens is 382 g/mol. The first kappa shape index (κ1) is 19.1. The molecule has 0 saturated heterocycles. The molecule has 0 fully saturated rings. The van der Waals surface area contributed by atoms with Gasteiger partial charge in [-0.1, -0.05) is 11.6 Å². The summed E-state index contributed by atoms with van der Waals surface area (Å²) in [5, 5.41) is 4.46. The number of aromatic nitrogens is 2. The Balaban J connectivity index is 1.94. The number of anilines is 2. The lowest BCUT2D eigenvalue weighted by Gasteiger charge is -2.20. The fourth-order valence-corrected chi connectivity index (χ4v) is 3.65. The van der Waals surface area contributed by atoms with Crippen LogP contribution in [-0.4, -0.2) is 31.4 Å². The number of methoxy groups -OCH3 is 1. The average Bonchev–Trinajstić information content (AvgIpc) is 2.62. The van der Waals surface area contributed by atoms with Crippen LogP contribution in [0.5, 0.6) is 5.75 Å². The van der Waals surface area contributed by atoms with E-state index in [1.54, 1.807) is 24.3 Å². The van der Waals surface area contributed by atoms with Crippen molar-refractivity contribution in [1.82, 2.24) is 9.97 Å². The summed E-state index contributed by atoms with van der Waals surface area (Å²) in [6.07, 6.45) is 1.47. The van der Waals surface area contributed by atoms with E-state index in [0.29, 0.717) is 33.1 Å². The topological polar surface area (TPSA) is 73.3 Å². The molecule has 3 aromatic rings. The van der Waals surface area contributed by atoms with Crippen molar-refractivity contribution in [3.05, 3.63) is 53.3 Å². The molecule has 8 heteroatoms. The Hall–Kier alpha value is -2.64. The first-order valence-electron chi connectivity index (χ1n) is 8.35. The molecule has 0 radical (unpaired) electrons. The molecule has 0 unspecified atom stereocenters. The van der Waals surface area contributed by atoms with Gasteiger partial charge >= 0.3 is 5.97 Å². The van der Waals surface area contributed by atoms with Gasteiger partial charge in [-0.25, -0.2) is 14.8 Å². The van der Waals surface area contributed by atoms with E-state index in [0.717, 1.165) is 5.69 Å². The van der Waals surface area contributed by atoms with Gasteiger partial charge in [-0.05, 0) is 56.0 Å². The SMILES string of the molecule is COC(=O)c1ccc2ncnc(Nc3ccc(O[Si](C)(C)C)c(Cl)c3)c2c1. The van der Waals surface area contributed by atoms with Crippen molar-refractivity contribution in [2.45, 2.75) is 19.6 Å². The molecule has 3 rings (SSSR count). The molecule has 0 spiro atoms. The normalized spacial score (nSPS) is 11.3. The highest BCUT2D eigenvalue weighted by molar-refractivity contribution is 6.70. The van der Waals surface area contributed by atoms with Crippen molar-refractivity contribution in [2.75, 3.05) is 12.4 Å². The Bertz CT molecular complexity index is 1010. The summed E-state index contributed by atoms with van der Waals surface area (Å²) in [7, 11) is -0.401. The van der Waals surface area contributed by atoms with Crippen LogP contribution >= 0.6 is 11.6 Å². The van der Waals surface area contributed by atoms with Gasteiger partial charge in [0.1, 0.15) is 17.9 Å². The van der Waals surface area contributed by atoms with Gasteiger partial charge in [-0.15, -0.1) is 0 Å². The summed E-state index contributed by atoms with van der Waals surface area (Å²) in [5.41, 5.74) is 1.90. The van der Waals surface area contributed by atoms with Crippen LogP contribution < -0.4 is 9.74 Å². The van der Waals surface area contributed by atoms with Crippen molar-refractivity contribution >= 4 is 48.3 Å². The summed E-state index contributed by atoms with van der Waals surface area (Å²) in [6.45, 7) is 6.30. The van der Waals surface area contributed by atoms with Gasteiger partial charge in [0.25, 0.3) is 0 Å². The summed E-state index contributed by atoms with van der Waals surface area (Å²) in [4.78, 5) is 20.3. The second kappa shape index (κ2) is 7.54. The highest BCUT2D eigenvalue weighted by atomic mass is 35.5. The van der Waals surface area contributed by atoms with Crippen molar-refractivity contribution < 1.29 is 14.0 Å². The summed E-state index contributed by atoms with van der Waals surface area (Å²) < 4.78 is 10.7. The number of carbonyl (C=O) groups excluding carboxylic acids is 1. The zero-order valence-corrected chi connectivity index (χ0v) is 17.3. The van der Waals surface area contributed by atoms with E-state index in [1.165, 1.54) is 13.4 Å². The molecule has 0 saturated carbocycles. The minimum Gasteiger partial charge on any atom is -0.543 e. The quantitative estimate of drug-likeness (QED) is 0.477. The van der Waals surface area contributed by atoms with Gasteiger partial charge < -0.3 is 14.5 Å². The van der Waals surface area contributed by atoms with E-state index >= 15 is 0 Å². The maximum Gasteiger partial charge on any atom is 0.337 e. The number of nitrogens with one attached hydrogen (secondary N) is 1. The van der Waals surface area contributed by atoms with Crippen molar-refractivity contribution in [3.8, 4) is 5.75 Å². The molecule has 6 nitrogen and oxygen atoms in total. The third kappa shape index (κ3) is 4.56. The molecule has 0 aliphatic rings. The lowest BCUT2D eigenvalue weighted by molar-refractivity contribution is 0.0601. The van der Waals surface area contributed by atoms with Crippen molar-refractivity contribution in [3.63, 3.8) is 0 Å². The summed E-state index contributed by atoms with van der Waals surface area (Å²) in [5.74, 6) is 0.824. The fraction of sp³-hybridized carbons (Fsp3) is 0.211. The largest absolute Gasteiger partial charge is 0.543 e. The van der Waals surface area contributed by atoms with Crippen LogP contribution in [-0.2, 0) is 4.74 Å². The van der Waals surface area contributed by atoms with Crippen LogP contribution in [0.3, 0.4) is 0 Å². The van der Waals surface area contributed by atoms with Crippen LogP contribution in [0.2, 0.25) is 24.7 Å². The predicted octanol–water partition coefficient (Wildman–Crippen LogP) is 5.03. The summed E-state index contributed by atoms with van der Waals surface area (Å²) in [6, 6.07) is 10.6. The van der Waals surface area contributed by atoms with Gasteiger partial charge in [-0.3, -0.25) is 0 Å². The van der Waals surface area contributed by atoms with Crippen LogP contribution in [0.15, 0.2) is 42.7 Å². The highest BCUT2D eigenvalue weighted by Crippen LogP contribution is 2.32. The average molecular weight is 402 g/mol. The number of fused-ring (bicyclic) bond motifs is 1. The van der Waals surface area contributed by atoms with Gasteiger partial charge in [0.15, 0.2) is 0 Å². The molecule has 0 aliphatic heterocycles. The van der Waals surface area contributed by atoms with Crippen LogP contribution in [0.1, 0.15) is 10.4 Å². The van der Waals surface area contributed by atoms with E-state index < -0.39 is 14.3 Å². The predicted molar refractivity (Wildman–Crippen MR) is 110 cm³/mol. The second-order valence-corrected chi connectivity index (χ2v) is 11.8. The zero-order valence-electron chi connectivity index (χ0n) is 15.5. The number of rotatable bonds is 5. The summed E-state index contributed by atoms with van der Waals surface area (Å²) >= 11 is 6.37. The molecule has 2 aromatic carbocycles. The standard InChI is InChI=1S/C19H20ClN3O3Si/c1-25-19(24)12-5-7-16-14(9-12)18(22-11-21-16)23-13-6-8-17(15(20)10-13)26-27(2,3)4/h5-11H,1-4H3,(H,21,22,23). The van der Waals surface area contributed by atoms with Gasteiger partial charge in [0.05, 0.1) is 23.2 Å². The monoisotopic (exact) mass is 401 g/mol. The van der Waals surface area contributed by atoms with E-state index in [9.17, 15) is 4.79 Å². The third-order valence-electron chi connectivity index (χ3n) is 3.67. The van der Waals surface area contributed by atoms with E-state index in [-0.39, 0.29) is 0 Å². The molecule has 140 valence electrons. The number of esters is 1. The van der Waals surface area contributed by atoms with Crippen molar-refractivity contribution in [1.29, 1.82) is 0 Å². The molecular formula is C19H20ClN3O3Si. The van der Waals surface area contributed by atoms with Crippen LogP contribution in [0.4, 0.5) is 11.5 Å². The van der Waals surface area contributed by atoms with Crippen LogP contribution in [0, 0.1) is 0 Å². The number of nitrogens with zero attached hydrogens (tertiary/aromatic N) is 2. The fourth-order valence-electron chi connectivity index (χ4n) is 2.53. The van der Waals surface area contributed by atoms with E-state index in [1.807, 2.05) is 12.1 Å². The smallest absolute Gasteiger partial charge is 0.337 e. The molecule has 0 atom stereocenters. The van der Waals surface area contributed by atoms with Gasteiger partial charge in [-0.2, -0.15) is 0 Å². The molecule has 1 aromatic heterocycles. The van der Waals surface area contributed by atoms with Crippen molar-refractivity contribution in [2.24, 2.45) is 0 Å². The van der Waals surface area contributed by atoms with E-state index in [2.05, 4.69) is 34.9 Å². The maximum absolute atomic E-state index is 11.8. The zero-order chi connectivity index (χ0) is 19.6. The Morgan fingerprint density at radius 2 is 1.89 bits per heavy atom. The number of ether oxygens (including phenoxy) is 1.